The van der Waals surface area contributed by atoms with Crippen LogP contribution in [0.1, 0.15) is 29.0 Å². The van der Waals surface area contributed by atoms with Crippen LogP contribution in [0.3, 0.4) is 0 Å². The molecule has 2 N–H and O–H groups in total. The van der Waals surface area contributed by atoms with Crippen molar-refractivity contribution in [2.45, 2.75) is 18.9 Å². The highest BCUT2D eigenvalue weighted by atomic mass is 16.5. The highest BCUT2D eigenvalue weighted by Crippen LogP contribution is 2.38. The molecule has 4 aromatic rings. The van der Waals surface area contributed by atoms with Gasteiger partial charge in [0.05, 0.1) is 7.11 Å². The van der Waals surface area contributed by atoms with Crippen molar-refractivity contribution >= 4 is 16.8 Å². The lowest BCUT2D eigenvalue weighted by atomic mass is 9.88. The fourth-order valence-electron chi connectivity index (χ4n) is 4.02. The number of benzene rings is 3. The number of fused-ring (bicyclic) bond motifs is 1. The first-order valence-electron chi connectivity index (χ1n) is 10.2. The number of hydrogen-bond acceptors (Lipinski definition) is 3. The van der Waals surface area contributed by atoms with E-state index < -0.39 is 0 Å². The van der Waals surface area contributed by atoms with E-state index in [1.165, 1.54) is 0 Å². The summed E-state index contributed by atoms with van der Waals surface area (Å²) in [6, 6.07) is 24.0. The molecule has 5 heteroatoms. The van der Waals surface area contributed by atoms with E-state index in [0.29, 0.717) is 18.1 Å². The molecule has 1 heterocycles. The van der Waals surface area contributed by atoms with Crippen LogP contribution in [-0.2, 0) is 18.4 Å². The summed E-state index contributed by atoms with van der Waals surface area (Å²) in [7, 11) is 3.63. The fourth-order valence-corrected chi connectivity index (χ4v) is 4.02. The molecule has 0 aliphatic carbocycles. The number of nitrogens with zero attached hydrogens (tertiary/aromatic N) is 1. The monoisotopic (exact) mass is 414 g/mol. The predicted molar refractivity (Wildman–Crippen MR) is 122 cm³/mol. The Hall–Kier alpha value is -3.73. The van der Waals surface area contributed by atoms with Gasteiger partial charge in [0.15, 0.2) is 11.5 Å². The molecule has 1 amide bonds. The third-order valence-electron chi connectivity index (χ3n) is 5.54. The van der Waals surface area contributed by atoms with Crippen LogP contribution >= 0.6 is 0 Å². The average molecular weight is 415 g/mol. The first kappa shape index (κ1) is 20.5. The van der Waals surface area contributed by atoms with Gasteiger partial charge in [-0.25, -0.2) is 0 Å². The lowest BCUT2D eigenvalue weighted by Gasteiger charge is -2.18. The van der Waals surface area contributed by atoms with Crippen molar-refractivity contribution < 1.29 is 14.3 Å². The quantitative estimate of drug-likeness (QED) is 0.451. The van der Waals surface area contributed by atoms with E-state index in [4.69, 9.17) is 15.2 Å². The molecule has 0 bridgehead atoms. The zero-order valence-electron chi connectivity index (χ0n) is 17.7. The summed E-state index contributed by atoms with van der Waals surface area (Å²) in [5.41, 5.74) is 9.85. The third-order valence-corrected chi connectivity index (χ3v) is 5.54. The first-order chi connectivity index (χ1) is 15.1. The molecule has 4 rings (SSSR count). The van der Waals surface area contributed by atoms with Gasteiger partial charge in [0, 0.05) is 36.5 Å². The maximum Gasteiger partial charge on any atom is 0.218 e. The molecule has 0 spiro atoms. The van der Waals surface area contributed by atoms with Crippen LogP contribution in [0.5, 0.6) is 11.5 Å². The normalized spacial score (nSPS) is 11.9. The molecule has 158 valence electrons. The van der Waals surface area contributed by atoms with Gasteiger partial charge in [-0.1, -0.05) is 54.6 Å². The largest absolute Gasteiger partial charge is 0.493 e. The molecule has 0 saturated heterocycles. The third kappa shape index (κ3) is 4.40. The van der Waals surface area contributed by atoms with Gasteiger partial charge < -0.3 is 19.8 Å². The highest BCUT2D eigenvalue weighted by Gasteiger charge is 2.22. The molecule has 31 heavy (non-hydrogen) atoms. The fraction of sp³-hybridized carbons (Fsp3) is 0.192. The van der Waals surface area contributed by atoms with Crippen molar-refractivity contribution in [1.29, 1.82) is 0 Å². The molecule has 3 aromatic carbocycles. The number of ether oxygens (including phenoxy) is 2. The van der Waals surface area contributed by atoms with Crippen molar-refractivity contribution in [2.24, 2.45) is 12.8 Å². The van der Waals surface area contributed by atoms with Crippen molar-refractivity contribution in [3.8, 4) is 11.5 Å². The summed E-state index contributed by atoms with van der Waals surface area (Å²) in [5.74, 6) is 0.753. The summed E-state index contributed by atoms with van der Waals surface area (Å²) in [5, 5.41) is 1.11. The number of methoxy groups -OCH3 is 1. The number of rotatable bonds is 8. The molecular formula is C26H26N2O3. The molecule has 0 saturated carbocycles. The Morgan fingerprint density at radius 2 is 1.74 bits per heavy atom. The van der Waals surface area contributed by atoms with E-state index in [1.807, 2.05) is 67.7 Å². The Balaban J connectivity index is 1.74. The second-order valence-electron chi connectivity index (χ2n) is 7.62. The van der Waals surface area contributed by atoms with Crippen molar-refractivity contribution in [2.75, 3.05) is 7.11 Å². The smallest absolute Gasteiger partial charge is 0.218 e. The van der Waals surface area contributed by atoms with Gasteiger partial charge in [-0.05, 0) is 34.9 Å². The number of primary amides is 1. The van der Waals surface area contributed by atoms with Gasteiger partial charge in [-0.15, -0.1) is 0 Å². The molecule has 0 radical (unpaired) electrons. The number of nitrogens with two attached hydrogens (primary N) is 1. The van der Waals surface area contributed by atoms with Crippen LogP contribution in [-0.4, -0.2) is 17.6 Å². The van der Waals surface area contributed by atoms with E-state index >= 15 is 0 Å². The van der Waals surface area contributed by atoms with Crippen molar-refractivity contribution in [1.82, 2.24) is 4.57 Å². The van der Waals surface area contributed by atoms with Gasteiger partial charge in [-0.3, -0.25) is 4.79 Å². The van der Waals surface area contributed by atoms with Crippen LogP contribution in [0.15, 0.2) is 79.0 Å². The lowest BCUT2D eigenvalue weighted by molar-refractivity contribution is -0.118. The average Bonchev–Trinajstić information content (AvgIpc) is 3.13. The molecule has 1 atom stereocenters. The topological polar surface area (TPSA) is 66.5 Å². The Kier molecular flexibility index (Phi) is 5.94. The second-order valence-corrected chi connectivity index (χ2v) is 7.62. The Morgan fingerprint density at radius 1 is 1.00 bits per heavy atom. The number of carbonyl (C=O) groups is 1. The number of aryl methyl sites for hydroxylation is 1. The van der Waals surface area contributed by atoms with E-state index in [2.05, 4.69) is 22.9 Å². The lowest BCUT2D eigenvalue weighted by Crippen LogP contribution is -2.16. The predicted octanol–water partition coefficient (Wildman–Crippen LogP) is 4.77. The van der Waals surface area contributed by atoms with Gasteiger partial charge in [0.1, 0.15) is 6.61 Å². The van der Waals surface area contributed by atoms with Gasteiger partial charge in [0.25, 0.3) is 0 Å². The number of hydrogen-bond donors (Lipinski definition) is 1. The van der Waals surface area contributed by atoms with Crippen molar-refractivity contribution in [3.63, 3.8) is 0 Å². The maximum absolute atomic E-state index is 12.0. The van der Waals surface area contributed by atoms with Crippen LogP contribution in [0.2, 0.25) is 0 Å². The molecule has 5 nitrogen and oxygen atoms in total. The zero-order valence-corrected chi connectivity index (χ0v) is 17.7. The van der Waals surface area contributed by atoms with Crippen LogP contribution in [0, 0.1) is 0 Å². The van der Waals surface area contributed by atoms with Gasteiger partial charge in [-0.2, -0.15) is 0 Å². The number of amides is 1. The Labute approximate surface area is 182 Å². The van der Waals surface area contributed by atoms with Crippen LogP contribution in [0.25, 0.3) is 10.9 Å². The van der Waals surface area contributed by atoms with Gasteiger partial charge in [0.2, 0.25) is 5.91 Å². The minimum absolute atomic E-state index is 0.186. The molecule has 0 aliphatic heterocycles. The molecule has 0 fully saturated rings. The van der Waals surface area contributed by atoms with E-state index in [9.17, 15) is 4.79 Å². The Bertz CT molecular complexity index is 1200. The number of aromatic nitrogens is 1. The summed E-state index contributed by atoms with van der Waals surface area (Å²) in [4.78, 5) is 12.0. The molecule has 0 aliphatic rings. The second kappa shape index (κ2) is 8.96. The maximum atomic E-state index is 12.0. The van der Waals surface area contributed by atoms with Gasteiger partial charge >= 0.3 is 0 Å². The Morgan fingerprint density at radius 3 is 2.48 bits per heavy atom. The minimum Gasteiger partial charge on any atom is -0.493 e. The van der Waals surface area contributed by atoms with Crippen molar-refractivity contribution in [3.05, 3.63) is 95.7 Å². The minimum atomic E-state index is -0.347. The summed E-state index contributed by atoms with van der Waals surface area (Å²) in [6.45, 7) is 0.426. The SMILES string of the molecule is COc1ccc(C(CC(N)=O)c2cn(C)c3ccccc23)cc1OCc1ccccc1. The van der Waals surface area contributed by atoms with Crippen LogP contribution < -0.4 is 15.2 Å². The summed E-state index contributed by atoms with van der Waals surface area (Å²) >= 11 is 0. The van der Waals surface area contributed by atoms with E-state index in [0.717, 1.165) is 27.6 Å². The molecule has 1 aromatic heterocycles. The van der Waals surface area contributed by atoms with Crippen LogP contribution in [0.4, 0.5) is 0 Å². The standard InChI is InChI=1S/C26H26N2O3/c1-28-16-22(20-10-6-7-11-23(20)28)21(15-26(27)29)19-12-13-24(30-2)25(14-19)31-17-18-8-4-3-5-9-18/h3-14,16,21H,15,17H2,1-2H3,(H2,27,29). The van der Waals surface area contributed by atoms with E-state index in [-0.39, 0.29) is 18.2 Å². The highest BCUT2D eigenvalue weighted by molar-refractivity contribution is 5.86. The molecular weight excluding hydrogens is 388 g/mol. The number of carbonyl (C=O) groups excluding carboxylic acids is 1. The zero-order chi connectivity index (χ0) is 21.8. The first-order valence-corrected chi connectivity index (χ1v) is 10.2. The summed E-state index contributed by atoms with van der Waals surface area (Å²) in [6.07, 6.45) is 2.28. The molecule has 1 unspecified atom stereocenters. The summed E-state index contributed by atoms with van der Waals surface area (Å²) < 4.78 is 13.7. The number of para-hydroxylation sites is 1. The van der Waals surface area contributed by atoms with E-state index in [1.54, 1.807) is 7.11 Å².